The predicted octanol–water partition coefficient (Wildman–Crippen LogP) is 2.14. The summed E-state index contributed by atoms with van der Waals surface area (Å²) < 4.78 is 0. The number of carbonyl (C=O) groups excluding carboxylic acids is 2. The summed E-state index contributed by atoms with van der Waals surface area (Å²) in [6.07, 6.45) is 2.32. The van der Waals surface area contributed by atoms with Crippen LogP contribution in [0, 0.1) is 17.8 Å². The van der Waals surface area contributed by atoms with E-state index in [1.807, 2.05) is 44.4 Å². The maximum atomic E-state index is 12.8. The third-order valence-corrected chi connectivity index (χ3v) is 5.59. The number of nitrogens with one attached hydrogen (secondary N) is 1. The lowest BCUT2D eigenvalue weighted by Crippen LogP contribution is -2.66. The van der Waals surface area contributed by atoms with E-state index >= 15 is 0 Å². The molecule has 2 rings (SSSR count). The Kier molecular flexibility index (Phi) is 5.58. The normalized spacial score (nSPS) is 28.4. The number of amides is 2. The molecule has 2 amide bonds. The van der Waals surface area contributed by atoms with Crippen LogP contribution in [0.1, 0.15) is 40.5 Å². The summed E-state index contributed by atoms with van der Waals surface area (Å²) in [7, 11) is 0. The molecule has 0 aromatic rings. The highest BCUT2D eigenvalue weighted by Gasteiger charge is 2.43. The maximum absolute atomic E-state index is 12.8. The van der Waals surface area contributed by atoms with Gasteiger partial charge in [-0.25, -0.2) is 0 Å². The summed E-state index contributed by atoms with van der Waals surface area (Å²) in [5.41, 5.74) is 0. The third-order valence-electron chi connectivity index (χ3n) is 4.55. The van der Waals surface area contributed by atoms with Gasteiger partial charge in [-0.15, -0.1) is 0 Å². The van der Waals surface area contributed by atoms with Gasteiger partial charge >= 0.3 is 0 Å². The topological polar surface area (TPSA) is 49.4 Å². The minimum Gasteiger partial charge on any atom is -0.342 e. The van der Waals surface area contributed by atoms with Gasteiger partial charge < -0.3 is 10.2 Å². The van der Waals surface area contributed by atoms with E-state index in [2.05, 4.69) is 5.32 Å². The first-order chi connectivity index (χ1) is 9.91. The van der Waals surface area contributed by atoms with E-state index in [1.165, 1.54) is 11.5 Å². The van der Waals surface area contributed by atoms with Gasteiger partial charge in [0.05, 0.1) is 0 Å². The lowest BCUT2D eigenvalue weighted by Gasteiger charge is -2.43. The van der Waals surface area contributed by atoms with Crippen LogP contribution in [-0.4, -0.2) is 46.8 Å². The smallest absolute Gasteiger partial charge is 0.246 e. The zero-order valence-electron chi connectivity index (χ0n) is 13.6. The second-order valence-corrected chi connectivity index (χ2v) is 8.19. The van der Waals surface area contributed by atoms with E-state index in [1.54, 1.807) is 0 Å². The number of rotatable bonds is 4. The Hall–Kier alpha value is -0.710. The fourth-order valence-electron chi connectivity index (χ4n) is 3.28. The van der Waals surface area contributed by atoms with Gasteiger partial charge in [0, 0.05) is 6.54 Å². The molecule has 0 saturated carbocycles. The molecule has 0 aromatic heterocycles. The van der Waals surface area contributed by atoms with Crippen molar-refractivity contribution >= 4 is 23.6 Å². The molecule has 0 bridgehead atoms. The van der Waals surface area contributed by atoms with Gasteiger partial charge in [0.1, 0.15) is 12.1 Å². The molecular formula is C16H28N2O2S. The molecule has 2 aliphatic heterocycles. The largest absolute Gasteiger partial charge is 0.342 e. The van der Waals surface area contributed by atoms with Crippen LogP contribution in [0.25, 0.3) is 0 Å². The summed E-state index contributed by atoms with van der Waals surface area (Å²) in [5, 5.41) is 2.93. The predicted molar refractivity (Wildman–Crippen MR) is 87.2 cm³/mol. The molecule has 0 aliphatic carbocycles. The minimum absolute atomic E-state index is 0.0217. The van der Waals surface area contributed by atoms with Crippen molar-refractivity contribution in [3.63, 3.8) is 0 Å². The highest BCUT2D eigenvalue weighted by molar-refractivity contribution is 7.99. The van der Waals surface area contributed by atoms with E-state index in [0.29, 0.717) is 5.92 Å². The van der Waals surface area contributed by atoms with Crippen molar-refractivity contribution in [3.05, 3.63) is 0 Å². The molecule has 0 aromatic carbocycles. The van der Waals surface area contributed by atoms with Crippen LogP contribution in [0.4, 0.5) is 0 Å². The summed E-state index contributed by atoms with van der Waals surface area (Å²) in [6, 6.07) is -0.660. The summed E-state index contributed by atoms with van der Waals surface area (Å²) >= 11 is 1.99. The quantitative estimate of drug-likeness (QED) is 0.865. The van der Waals surface area contributed by atoms with Crippen molar-refractivity contribution in [2.75, 3.05) is 18.1 Å². The van der Waals surface area contributed by atoms with Crippen LogP contribution >= 0.6 is 11.8 Å². The lowest BCUT2D eigenvalue weighted by molar-refractivity contribution is -0.153. The molecule has 2 saturated heterocycles. The van der Waals surface area contributed by atoms with E-state index < -0.39 is 0 Å². The van der Waals surface area contributed by atoms with Crippen molar-refractivity contribution in [2.45, 2.75) is 52.6 Å². The van der Waals surface area contributed by atoms with Crippen LogP contribution in [0.5, 0.6) is 0 Å². The fraction of sp³-hybridized carbons (Fsp3) is 0.875. The first-order valence-electron chi connectivity index (χ1n) is 8.10. The molecule has 2 unspecified atom stereocenters. The average molecular weight is 312 g/mol. The van der Waals surface area contributed by atoms with E-state index in [4.69, 9.17) is 0 Å². The Morgan fingerprint density at radius 1 is 1.14 bits per heavy atom. The zero-order chi connectivity index (χ0) is 15.6. The van der Waals surface area contributed by atoms with Crippen molar-refractivity contribution in [1.82, 2.24) is 10.2 Å². The first kappa shape index (κ1) is 16.7. The molecule has 2 atom stereocenters. The molecule has 0 spiro atoms. The number of piperazine rings is 1. The minimum atomic E-state index is -0.356. The fourth-order valence-corrected chi connectivity index (χ4v) is 4.49. The van der Waals surface area contributed by atoms with Gasteiger partial charge in [-0.3, -0.25) is 9.59 Å². The number of nitrogens with zero attached hydrogens (tertiary/aromatic N) is 1. The highest BCUT2D eigenvalue weighted by Crippen LogP contribution is 2.27. The first-order valence-corrected chi connectivity index (χ1v) is 9.26. The molecular weight excluding hydrogens is 284 g/mol. The third kappa shape index (κ3) is 3.74. The Bertz CT molecular complexity index is 392. The van der Waals surface area contributed by atoms with Crippen LogP contribution < -0.4 is 5.32 Å². The van der Waals surface area contributed by atoms with Crippen molar-refractivity contribution in [2.24, 2.45) is 17.8 Å². The molecule has 120 valence electrons. The summed E-state index contributed by atoms with van der Waals surface area (Å²) in [6.45, 7) is 8.79. The second-order valence-electron chi connectivity index (χ2n) is 6.97. The van der Waals surface area contributed by atoms with E-state index in [0.717, 1.165) is 19.4 Å². The van der Waals surface area contributed by atoms with Crippen LogP contribution in [0.2, 0.25) is 0 Å². The number of carbonyl (C=O) groups is 2. The Morgan fingerprint density at radius 3 is 2.29 bits per heavy atom. The molecule has 2 aliphatic rings. The lowest BCUT2D eigenvalue weighted by atomic mass is 9.91. The van der Waals surface area contributed by atoms with Crippen molar-refractivity contribution in [1.29, 1.82) is 0 Å². The molecule has 2 fully saturated rings. The van der Waals surface area contributed by atoms with E-state index in [-0.39, 0.29) is 35.7 Å². The van der Waals surface area contributed by atoms with Crippen LogP contribution in [0.15, 0.2) is 0 Å². The van der Waals surface area contributed by atoms with Crippen LogP contribution in [0.3, 0.4) is 0 Å². The second kappa shape index (κ2) is 7.03. The van der Waals surface area contributed by atoms with Gasteiger partial charge in [-0.2, -0.15) is 11.8 Å². The maximum Gasteiger partial charge on any atom is 0.246 e. The van der Waals surface area contributed by atoms with Crippen molar-refractivity contribution < 1.29 is 9.59 Å². The summed E-state index contributed by atoms with van der Waals surface area (Å²) in [4.78, 5) is 27.1. The zero-order valence-corrected chi connectivity index (χ0v) is 14.4. The van der Waals surface area contributed by atoms with Gasteiger partial charge in [-0.1, -0.05) is 27.7 Å². The molecule has 1 N–H and O–H groups in total. The number of hydrogen-bond donors (Lipinski definition) is 1. The molecule has 2 heterocycles. The highest BCUT2D eigenvalue weighted by atomic mass is 32.2. The Labute approximate surface area is 132 Å². The van der Waals surface area contributed by atoms with Crippen molar-refractivity contribution in [3.8, 4) is 0 Å². The average Bonchev–Trinajstić information content (AvgIpc) is 2.43. The number of thioether (sulfide) groups is 1. The molecule has 5 heteroatoms. The van der Waals surface area contributed by atoms with Gasteiger partial charge in [0.25, 0.3) is 0 Å². The van der Waals surface area contributed by atoms with Crippen LogP contribution in [-0.2, 0) is 9.59 Å². The SMILES string of the molecule is CC(C)C1NC(=O)C(C(C)C)N(CC2CCSCC2)C1=O. The molecule has 4 nitrogen and oxygen atoms in total. The van der Waals surface area contributed by atoms with E-state index in [9.17, 15) is 9.59 Å². The Balaban J connectivity index is 2.16. The van der Waals surface area contributed by atoms with Gasteiger partial charge in [0.15, 0.2) is 0 Å². The standard InChI is InChI=1S/C16H28N2O2S/c1-10(2)13-16(20)18(9-12-5-7-21-8-6-12)14(11(3)4)15(19)17-13/h10-14H,5-9H2,1-4H3,(H,17,19). The Morgan fingerprint density at radius 2 is 1.76 bits per heavy atom. The molecule has 0 radical (unpaired) electrons. The summed E-state index contributed by atoms with van der Waals surface area (Å²) in [5.74, 6) is 3.33. The van der Waals surface area contributed by atoms with Gasteiger partial charge in [-0.05, 0) is 42.1 Å². The molecule has 21 heavy (non-hydrogen) atoms. The number of hydrogen-bond acceptors (Lipinski definition) is 3. The van der Waals surface area contributed by atoms with Gasteiger partial charge in [0.2, 0.25) is 11.8 Å². The monoisotopic (exact) mass is 312 g/mol.